The van der Waals surface area contributed by atoms with Gasteiger partial charge in [0.05, 0.1) is 18.7 Å². The Bertz CT molecular complexity index is 737. The van der Waals surface area contributed by atoms with Gasteiger partial charge in [0, 0.05) is 37.8 Å². The number of hydrogen-bond acceptors (Lipinski definition) is 5. The van der Waals surface area contributed by atoms with Crippen molar-refractivity contribution in [2.24, 2.45) is 0 Å². The molecule has 0 bridgehead atoms. The molecule has 1 saturated heterocycles. The Morgan fingerprint density at radius 3 is 2.77 bits per heavy atom. The summed E-state index contributed by atoms with van der Waals surface area (Å²) < 4.78 is 32.9. The number of nitrogens with zero attached hydrogens (tertiary/aromatic N) is 2. The molecule has 1 aromatic carbocycles. The van der Waals surface area contributed by atoms with Crippen molar-refractivity contribution in [1.29, 1.82) is 0 Å². The number of fused-ring (bicyclic) bond motifs is 1. The lowest BCUT2D eigenvalue weighted by Gasteiger charge is -2.26. The van der Waals surface area contributed by atoms with Crippen LogP contribution in [0.1, 0.15) is 0 Å². The van der Waals surface area contributed by atoms with E-state index in [0.717, 1.165) is 18.5 Å². The first-order valence-electron chi connectivity index (χ1n) is 7.30. The molecule has 118 valence electrons. The van der Waals surface area contributed by atoms with Crippen LogP contribution in [0.15, 0.2) is 41.4 Å². The van der Waals surface area contributed by atoms with Gasteiger partial charge in [-0.25, -0.2) is 13.1 Å². The summed E-state index contributed by atoms with van der Waals surface area (Å²) in [7, 11) is -3.56. The van der Waals surface area contributed by atoms with Gasteiger partial charge in [0.25, 0.3) is 0 Å². The largest absolute Gasteiger partial charge is 0.379 e. The van der Waals surface area contributed by atoms with Crippen molar-refractivity contribution in [1.82, 2.24) is 14.6 Å². The minimum atomic E-state index is -3.56. The number of nitrogens with one attached hydrogen (secondary N) is 1. The highest BCUT2D eigenvalue weighted by Crippen LogP contribution is 2.20. The number of ether oxygens (including phenoxy) is 1. The molecule has 7 heteroatoms. The van der Waals surface area contributed by atoms with E-state index in [1.807, 2.05) is 12.1 Å². The first-order chi connectivity index (χ1) is 10.7. The van der Waals surface area contributed by atoms with Crippen molar-refractivity contribution in [3.05, 3.63) is 36.5 Å². The van der Waals surface area contributed by atoms with Crippen molar-refractivity contribution >= 4 is 20.9 Å². The van der Waals surface area contributed by atoms with Gasteiger partial charge >= 0.3 is 0 Å². The van der Waals surface area contributed by atoms with E-state index in [1.54, 1.807) is 24.4 Å². The van der Waals surface area contributed by atoms with Crippen LogP contribution in [0, 0.1) is 0 Å². The summed E-state index contributed by atoms with van der Waals surface area (Å²) >= 11 is 0. The molecule has 0 unspecified atom stereocenters. The van der Waals surface area contributed by atoms with E-state index < -0.39 is 10.0 Å². The highest BCUT2D eigenvalue weighted by molar-refractivity contribution is 7.89. The number of benzene rings is 1. The molecular formula is C15H19N3O3S. The first-order valence-corrected chi connectivity index (χ1v) is 8.79. The molecule has 2 heterocycles. The molecule has 1 N–H and O–H groups in total. The topological polar surface area (TPSA) is 71.5 Å². The van der Waals surface area contributed by atoms with Crippen LogP contribution in [-0.4, -0.2) is 57.7 Å². The van der Waals surface area contributed by atoms with Crippen molar-refractivity contribution in [2.45, 2.75) is 4.90 Å². The molecule has 2 aromatic rings. The summed E-state index contributed by atoms with van der Waals surface area (Å²) in [4.78, 5) is 6.62. The minimum Gasteiger partial charge on any atom is -0.379 e. The van der Waals surface area contributed by atoms with Crippen LogP contribution in [0.4, 0.5) is 0 Å². The average Bonchev–Trinajstić information content (AvgIpc) is 2.55. The fourth-order valence-corrected chi connectivity index (χ4v) is 3.73. The standard InChI is InChI=1S/C15H19N3O3S/c19-22(20,17-7-8-18-9-11-21-12-10-18)14-5-1-3-13-4-2-6-16-15(13)14/h1-6,17H,7-12H2. The normalized spacial score (nSPS) is 16.9. The minimum absolute atomic E-state index is 0.229. The fourth-order valence-electron chi connectivity index (χ4n) is 2.53. The zero-order chi connectivity index (χ0) is 15.4. The van der Waals surface area contributed by atoms with Crippen molar-refractivity contribution in [2.75, 3.05) is 39.4 Å². The molecule has 0 atom stereocenters. The molecule has 0 radical (unpaired) electrons. The van der Waals surface area contributed by atoms with Crippen molar-refractivity contribution < 1.29 is 13.2 Å². The number of sulfonamides is 1. The van der Waals surface area contributed by atoms with E-state index in [-0.39, 0.29) is 4.90 Å². The predicted octanol–water partition coefficient (Wildman–Crippen LogP) is 0.845. The van der Waals surface area contributed by atoms with Crippen molar-refractivity contribution in [3.8, 4) is 0 Å². The van der Waals surface area contributed by atoms with Gasteiger partial charge in [-0.2, -0.15) is 0 Å². The van der Waals surface area contributed by atoms with Crippen LogP contribution in [-0.2, 0) is 14.8 Å². The summed E-state index contributed by atoms with van der Waals surface area (Å²) in [5.74, 6) is 0. The van der Waals surface area contributed by atoms with E-state index in [4.69, 9.17) is 4.74 Å². The van der Waals surface area contributed by atoms with Gasteiger partial charge in [-0.05, 0) is 12.1 Å². The molecular weight excluding hydrogens is 302 g/mol. The third-order valence-corrected chi connectivity index (χ3v) is 5.20. The second kappa shape index (κ2) is 6.70. The second-order valence-corrected chi connectivity index (χ2v) is 6.92. The fraction of sp³-hybridized carbons (Fsp3) is 0.400. The van der Waals surface area contributed by atoms with E-state index >= 15 is 0 Å². The van der Waals surface area contributed by atoms with Crippen LogP contribution in [0.3, 0.4) is 0 Å². The molecule has 1 aromatic heterocycles. The van der Waals surface area contributed by atoms with Crippen LogP contribution in [0.25, 0.3) is 10.9 Å². The van der Waals surface area contributed by atoms with Crippen molar-refractivity contribution in [3.63, 3.8) is 0 Å². The highest BCUT2D eigenvalue weighted by Gasteiger charge is 2.18. The van der Waals surface area contributed by atoms with Gasteiger partial charge in [-0.15, -0.1) is 0 Å². The SMILES string of the molecule is O=S(=O)(NCCN1CCOCC1)c1cccc2cccnc12. The van der Waals surface area contributed by atoms with Gasteiger partial charge in [0.15, 0.2) is 0 Å². The van der Waals surface area contributed by atoms with Gasteiger partial charge < -0.3 is 4.74 Å². The van der Waals surface area contributed by atoms with Crippen LogP contribution < -0.4 is 4.72 Å². The zero-order valence-electron chi connectivity index (χ0n) is 12.2. The number of morpholine rings is 1. The van der Waals surface area contributed by atoms with E-state index in [2.05, 4.69) is 14.6 Å². The molecule has 0 spiro atoms. The summed E-state index contributed by atoms with van der Waals surface area (Å²) in [6.07, 6.45) is 1.61. The quantitative estimate of drug-likeness (QED) is 0.884. The maximum atomic E-state index is 12.5. The third kappa shape index (κ3) is 3.44. The van der Waals surface area contributed by atoms with Crippen LogP contribution >= 0.6 is 0 Å². The first kappa shape index (κ1) is 15.4. The Morgan fingerprint density at radius 1 is 1.18 bits per heavy atom. The number of rotatable bonds is 5. The molecule has 1 aliphatic rings. The average molecular weight is 321 g/mol. The van der Waals surface area contributed by atoms with Crippen LogP contribution in [0.5, 0.6) is 0 Å². The maximum absolute atomic E-state index is 12.5. The number of para-hydroxylation sites is 1. The van der Waals surface area contributed by atoms with E-state index in [0.29, 0.717) is 31.8 Å². The molecule has 3 rings (SSSR count). The zero-order valence-corrected chi connectivity index (χ0v) is 13.1. The molecule has 6 nitrogen and oxygen atoms in total. The third-order valence-electron chi connectivity index (χ3n) is 3.71. The van der Waals surface area contributed by atoms with Gasteiger partial charge in [-0.1, -0.05) is 18.2 Å². The smallest absolute Gasteiger partial charge is 0.242 e. The van der Waals surface area contributed by atoms with Crippen LogP contribution in [0.2, 0.25) is 0 Å². The highest BCUT2D eigenvalue weighted by atomic mass is 32.2. The van der Waals surface area contributed by atoms with Gasteiger partial charge in [0.2, 0.25) is 10.0 Å². The molecule has 0 saturated carbocycles. The van der Waals surface area contributed by atoms with Gasteiger partial charge in [-0.3, -0.25) is 9.88 Å². The second-order valence-electron chi connectivity index (χ2n) is 5.18. The number of hydrogen-bond donors (Lipinski definition) is 1. The lowest BCUT2D eigenvalue weighted by molar-refractivity contribution is 0.0390. The molecule has 1 aliphatic heterocycles. The Kier molecular flexibility index (Phi) is 4.68. The summed E-state index contributed by atoms with van der Waals surface area (Å²) in [6.45, 7) is 4.17. The Hall–Kier alpha value is -1.54. The summed E-state index contributed by atoms with van der Waals surface area (Å²) in [5, 5.41) is 0.818. The monoisotopic (exact) mass is 321 g/mol. The van der Waals surface area contributed by atoms with E-state index in [9.17, 15) is 8.42 Å². The maximum Gasteiger partial charge on any atom is 0.242 e. The molecule has 1 fully saturated rings. The lowest BCUT2D eigenvalue weighted by Crippen LogP contribution is -2.41. The number of aromatic nitrogens is 1. The van der Waals surface area contributed by atoms with E-state index in [1.165, 1.54) is 0 Å². The van der Waals surface area contributed by atoms with Gasteiger partial charge in [0.1, 0.15) is 4.90 Å². The number of pyridine rings is 1. The Labute approximate surface area is 130 Å². The molecule has 22 heavy (non-hydrogen) atoms. The Morgan fingerprint density at radius 2 is 1.95 bits per heavy atom. The predicted molar refractivity (Wildman–Crippen MR) is 84.2 cm³/mol. The lowest BCUT2D eigenvalue weighted by atomic mass is 10.2. The molecule has 0 amide bonds. The summed E-state index contributed by atoms with van der Waals surface area (Å²) in [6, 6.07) is 8.84. The Balaban J connectivity index is 1.71. The molecule has 0 aliphatic carbocycles. The summed E-state index contributed by atoms with van der Waals surface area (Å²) in [5.41, 5.74) is 0.504.